The molecule has 0 aromatic heterocycles. The molecule has 0 heterocycles. The van der Waals surface area contributed by atoms with Crippen LogP contribution in [0.25, 0.3) is 0 Å². The average molecular weight is 360 g/mol. The zero-order chi connectivity index (χ0) is 18.2. The van der Waals surface area contributed by atoms with Crippen LogP contribution in [0.5, 0.6) is 5.75 Å². The van der Waals surface area contributed by atoms with Gasteiger partial charge in [-0.15, -0.1) is 0 Å². The van der Waals surface area contributed by atoms with Gasteiger partial charge >= 0.3 is 0 Å². The van der Waals surface area contributed by atoms with Gasteiger partial charge in [0.05, 0.1) is 5.56 Å². The van der Waals surface area contributed by atoms with Crippen molar-refractivity contribution in [2.24, 2.45) is 5.92 Å². The van der Waals surface area contributed by atoms with Crippen molar-refractivity contribution in [3.8, 4) is 11.8 Å². The molecule has 1 aliphatic carbocycles. The Bertz CT molecular complexity index is 659. The lowest BCUT2D eigenvalue weighted by Gasteiger charge is -2.30. The first-order valence-electron chi connectivity index (χ1n) is 8.53. The smallest absolute Gasteiger partial charge is 0.279 e. The summed E-state index contributed by atoms with van der Waals surface area (Å²) in [4.78, 5) is 12.1. The third kappa shape index (κ3) is 5.61. The normalized spacial score (nSPS) is 20.7. The standard InChI is InChI=1S/C18H24N4O2S/c1-12-7-3-5-9-15(12)20-18(25)22-21-17(23)13(2)24-16-10-6-4-8-14(16)11-19/h4,6,8,10,12-13,15H,3,5,7,9H2,1-2H3,(H,21,23)(H2,20,22,25). The molecule has 1 amide bonds. The van der Waals surface area contributed by atoms with Crippen LogP contribution in [0.2, 0.25) is 0 Å². The average Bonchev–Trinajstić information content (AvgIpc) is 2.62. The largest absolute Gasteiger partial charge is 0.479 e. The summed E-state index contributed by atoms with van der Waals surface area (Å²) in [5, 5.41) is 12.7. The number of hydrogen-bond donors (Lipinski definition) is 3. The third-order valence-electron chi connectivity index (χ3n) is 4.41. The van der Waals surface area contributed by atoms with Crippen LogP contribution in [-0.4, -0.2) is 23.2 Å². The van der Waals surface area contributed by atoms with E-state index in [1.165, 1.54) is 19.3 Å². The van der Waals surface area contributed by atoms with Gasteiger partial charge in [0.2, 0.25) is 0 Å². The predicted octanol–water partition coefficient (Wildman–Crippen LogP) is 2.40. The van der Waals surface area contributed by atoms with Crippen LogP contribution in [0.4, 0.5) is 0 Å². The topological polar surface area (TPSA) is 86.2 Å². The molecule has 134 valence electrons. The van der Waals surface area contributed by atoms with Gasteiger partial charge in [-0.2, -0.15) is 5.26 Å². The van der Waals surface area contributed by atoms with Gasteiger partial charge in [0.1, 0.15) is 11.8 Å². The first kappa shape index (κ1) is 19.0. The van der Waals surface area contributed by atoms with Gasteiger partial charge < -0.3 is 10.1 Å². The minimum Gasteiger partial charge on any atom is -0.479 e. The lowest BCUT2D eigenvalue weighted by molar-refractivity contribution is -0.127. The molecule has 1 aliphatic rings. The Labute approximate surface area is 153 Å². The van der Waals surface area contributed by atoms with E-state index in [-0.39, 0.29) is 5.91 Å². The van der Waals surface area contributed by atoms with E-state index in [2.05, 4.69) is 23.1 Å². The van der Waals surface area contributed by atoms with Crippen molar-refractivity contribution in [1.29, 1.82) is 5.26 Å². The Balaban J connectivity index is 1.79. The molecular weight excluding hydrogens is 336 g/mol. The highest BCUT2D eigenvalue weighted by Gasteiger charge is 2.22. The Morgan fingerprint density at radius 2 is 2.04 bits per heavy atom. The van der Waals surface area contributed by atoms with Gasteiger partial charge in [0, 0.05) is 6.04 Å². The van der Waals surface area contributed by atoms with E-state index < -0.39 is 6.10 Å². The Kier molecular flexibility index (Phi) is 7.02. The highest BCUT2D eigenvalue weighted by Crippen LogP contribution is 2.23. The molecule has 3 atom stereocenters. The number of carbonyl (C=O) groups is 1. The summed E-state index contributed by atoms with van der Waals surface area (Å²) in [6.45, 7) is 3.82. The Morgan fingerprint density at radius 3 is 2.76 bits per heavy atom. The molecule has 0 aliphatic heterocycles. The number of nitrogens with zero attached hydrogens (tertiary/aromatic N) is 1. The van der Waals surface area contributed by atoms with Crippen molar-refractivity contribution in [2.45, 2.75) is 51.7 Å². The van der Waals surface area contributed by atoms with Crippen molar-refractivity contribution < 1.29 is 9.53 Å². The van der Waals surface area contributed by atoms with E-state index in [9.17, 15) is 4.79 Å². The van der Waals surface area contributed by atoms with Gasteiger partial charge in [-0.25, -0.2) is 0 Å². The molecule has 7 heteroatoms. The molecule has 0 radical (unpaired) electrons. The summed E-state index contributed by atoms with van der Waals surface area (Å²) in [6.07, 6.45) is 3.96. The minimum absolute atomic E-state index is 0.335. The van der Waals surface area contributed by atoms with Crippen LogP contribution in [0.1, 0.15) is 45.1 Å². The summed E-state index contributed by atoms with van der Waals surface area (Å²) >= 11 is 5.24. The number of rotatable bonds is 4. The SMILES string of the molecule is CC(Oc1ccccc1C#N)C(=O)NNC(=S)NC1CCCCC1C. The van der Waals surface area contributed by atoms with Gasteiger partial charge in [0.25, 0.3) is 5.91 Å². The number of amides is 1. The Hall–Kier alpha value is -2.33. The quantitative estimate of drug-likeness (QED) is 0.565. The van der Waals surface area contributed by atoms with Crippen LogP contribution in [0.15, 0.2) is 24.3 Å². The maximum Gasteiger partial charge on any atom is 0.279 e. The number of nitrogens with one attached hydrogen (secondary N) is 3. The highest BCUT2D eigenvalue weighted by molar-refractivity contribution is 7.80. The number of hydrogen-bond acceptors (Lipinski definition) is 4. The summed E-state index contributed by atoms with van der Waals surface area (Å²) in [7, 11) is 0. The molecule has 3 unspecified atom stereocenters. The van der Waals surface area contributed by atoms with Crippen LogP contribution >= 0.6 is 12.2 Å². The van der Waals surface area contributed by atoms with Crippen LogP contribution in [0, 0.1) is 17.2 Å². The molecule has 0 saturated heterocycles. The minimum atomic E-state index is -0.765. The summed E-state index contributed by atoms with van der Waals surface area (Å²) < 4.78 is 5.56. The summed E-state index contributed by atoms with van der Waals surface area (Å²) in [6, 6.07) is 9.17. The molecule has 1 aromatic rings. The number of thiocarbonyl (C=S) groups is 1. The van der Waals surface area contributed by atoms with E-state index in [1.807, 2.05) is 6.07 Å². The summed E-state index contributed by atoms with van der Waals surface area (Å²) in [5.41, 5.74) is 5.65. The predicted molar refractivity (Wildman–Crippen MR) is 99.7 cm³/mol. The number of para-hydroxylation sites is 1. The Morgan fingerprint density at radius 1 is 1.32 bits per heavy atom. The maximum absolute atomic E-state index is 12.1. The fraction of sp³-hybridized carbons (Fsp3) is 0.500. The van der Waals surface area contributed by atoms with E-state index in [4.69, 9.17) is 22.2 Å². The fourth-order valence-electron chi connectivity index (χ4n) is 2.86. The number of hydrazine groups is 1. The molecule has 0 spiro atoms. The van der Waals surface area contributed by atoms with E-state index in [1.54, 1.807) is 31.2 Å². The van der Waals surface area contributed by atoms with Gasteiger partial charge in [-0.05, 0) is 50.0 Å². The van der Waals surface area contributed by atoms with Gasteiger partial charge in [-0.1, -0.05) is 31.9 Å². The number of ether oxygens (including phenoxy) is 1. The molecule has 1 fully saturated rings. The molecule has 3 N–H and O–H groups in total. The van der Waals surface area contributed by atoms with Crippen LogP contribution in [-0.2, 0) is 4.79 Å². The lowest BCUT2D eigenvalue weighted by Crippen LogP contribution is -2.53. The first-order valence-corrected chi connectivity index (χ1v) is 8.94. The zero-order valence-electron chi connectivity index (χ0n) is 14.5. The molecule has 1 saturated carbocycles. The monoisotopic (exact) mass is 360 g/mol. The third-order valence-corrected chi connectivity index (χ3v) is 4.63. The lowest BCUT2D eigenvalue weighted by atomic mass is 9.86. The van der Waals surface area contributed by atoms with E-state index >= 15 is 0 Å². The van der Waals surface area contributed by atoms with E-state index in [0.717, 1.165) is 6.42 Å². The summed E-state index contributed by atoms with van der Waals surface area (Å²) in [5.74, 6) is 0.576. The molecule has 25 heavy (non-hydrogen) atoms. The second-order valence-electron chi connectivity index (χ2n) is 6.32. The highest BCUT2D eigenvalue weighted by atomic mass is 32.1. The van der Waals surface area contributed by atoms with Crippen molar-refractivity contribution in [1.82, 2.24) is 16.2 Å². The zero-order valence-corrected chi connectivity index (χ0v) is 15.4. The van der Waals surface area contributed by atoms with Gasteiger partial charge in [0.15, 0.2) is 11.2 Å². The molecular formula is C18H24N4O2S. The number of benzene rings is 1. The molecule has 1 aromatic carbocycles. The first-order chi connectivity index (χ1) is 12.0. The maximum atomic E-state index is 12.1. The second-order valence-corrected chi connectivity index (χ2v) is 6.73. The van der Waals surface area contributed by atoms with Crippen LogP contribution < -0.4 is 20.9 Å². The van der Waals surface area contributed by atoms with Crippen molar-refractivity contribution >= 4 is 23.2 Å². The second kappa shape index (κ2) is 9.23. The number of nitriles is 1. The number of carbonyl (C=O) groups excluding carboxylic acids is 1. The fourth-order valence-corrected chi connectivity index (χ4v) is 3.06. The van der Waals surface area contributed by atoms with Crippen molar-refractivity contribution in [3.05, 3.63) is 29.8 Å². The van der Waals surface area contributed by atoms with Crippen molar-refractivity contribution in [3.63, 3.8) is 0 Å². The molecule has 0 bridgehead atoms. The molecule has 2 rings (SSSR count). The van der Waals surface area contributed by atoms with Gasteiger partial charge in [-0.3, -0.25) is 15.6 Å². The van der Waals surface area contributed by atoms with E-state index in [0.29, 0.717) is 28.4 Å². The van der Waals surface area contributed by atoms with Crippen LogP contribution in [0.3, 0.4) is 0 Å². The van der Waals surface area contributed by atoms with Crippen molar-refractivity contribution in [2.75, 3.05) is 0 Å². The molecule has 6 nitrogen and oxygen atoms in total.